The third-order valence-electron chi connectivity index (χ3n) is 4.07. The molecule has 0 unspecified atom stereocenters. The molecule has 0 aliphatic carbocycles. The first-order valence-corrected chi connectivity index (χ1v) is 9.95. The lowest BCUT2D eigenvalue weighted by Gasteiger charge is -2.12. The van der Waals surface area contributed by atoms with Gasteiger partial charge in [-0.15, -0.1) is 0 Å². The van der Waals surface area contributed by atoms with Crippen molar-refractivity contribution in [3.8, 4) is 5.75 Å². The van der Waals surface area contributed by atoms with Crippen molar-refractivity contribution in [2.45, 2.75) is 26.2 Å². The maximum absolute atomic E-state index is 14.2. The van der Waals surface area contributed by atoms with Gasteiger partial charge in [0.25, 0.3) is 11.8 Å². The van der Waals surface area contributed by atoms with Crippen LogP contribution in [0.1, 0.15) is 47.0 Å². The highest BCUT2D eigenvalue weighted by Crippen LogP contribution is 2.21. The number of ether oxygens (including phenoxy) is 1. The molecule has 0 radical (unpaired) electrons. The Bertz CT molecular complexity index is 904. The highest BCUT2D eigenvalue weighted by molar-refractivity contribution is 7.80. The van der Waals surface area contributed by atoms with E-state index in [2.05, 4.69) is 22.5 Å². The molecule has 0 aliphatic heterocycles. The van der Waals surface area contributed by atoms with Crippen LogP contribution in [-0.2, 0) is 0 Å². The van der Waals surface area contributed by atoms with Gasteiger partial charge in [-0.3, -0.25) is 19.9 Å². The zero-order chi connectivity index (χ0) is 22.1. The summed E-state index contributed by atoms with van der Waals surface area (Å²) in [7, 11) is 3.23. The van der Waals surface area contributed by atoms with Crippen molar-refractivity contribution in [1.29, 1.82) is 0 Å². The number of nitrogens with zero attached hydrogens (tertiary/aromatic N) is 2. The maximum Gasteiger partial charge on any atom is 0.271 e. The third-order valence-corrected chi connectivity index (χ3v) is 4.28. The van der Waals surface area contributed by atoms with Crippen molar-refractivity contribution in [2.24, 2.45) is 0 Å². The third kappa shape index (κ3) is 6.77. The van der Waals surface area contributed by atoms with Gasteiger partial charge >= 0.3 is 0 Å². The number of unbranched alkanes of at least 4 members (excludes halogenated alkanes) is 2. The van der Waals surface area contributed by atoms with E-state index in [1.807, 2.05) is 0 Å². The molecule has 0 bridgehead atoms. The highest BCUT2D eigenvalue weighted by Gasteiger charge is 2.13. The van der Waals surface area contributed by atoms with Crippen molar-refractivity contribution in [1.82, 2.24) is 15.2 Å². The quantitative estimate of drug-likeness (QED) is 0.490. The van der Waals surface area contributed by atoms with Gasteiger partial charge in [-0.05, 0) is 42.9 Å². The van der Waals surface area contributed by atoms with Crippen LogP contribution in [0.15, 0.2) is 36.5 Å². The van der Waals surface area contributed by atoms with Gasteiger partial charge in [0, 0.05) is 32.0 Å². The normalized spacial score (nSPS) is 10.3. The number of anilines is 1. The average Bonchev–Trinajstić information content (AvgIpc) is 2.71. The summed E-state index contributed by atoms with van der Waals surface area (Å²) < 4.78 is 19.6. The molecular weight excluding hydrogens is 407 g/mol. The molecule has 1 aromatic carbocycles. The SMILES string of the molecule is CCCCCOc1ccc(NC(=S)NC(=O)c2ccc(C(=O)N(C)C)nc2)cc1F. The summed E-state index contributed by atoms with van der Waals surface area (Å²) in [6.07, 6.45) is 4.25. The molecule has 1 aromatic heterocycles. The van der Waals surface area contributed by atoms with E-state index in [1.165, 1.54) is 35.4 Å². The first kappa shape index (κ1) is 23.2. The second-order valence-corrected chi connectivity index (χ2v) is 7.15. The summed E-state index contributed by atoms with van der Waals surface area (Å²) in [5, 5.41) is 5.25. The van der Waals surface area contributed by atoms with E-state index < -0.39 is 11.7 Å². The van der Waals surface area contributed by atoms with Crippen LogP contribution in [0.4, 0.5) is 10.1 Å². The van der Waals surface area contributed by atoms with Crippen LogP contribution in [0.2, 0.25) is 0 Å². The molecule has 0 atom stereocenters. The van der Waals surface area contributed by atoms with E-state index in [0.29, 0.717) is 12.3 Å². The second kappa shape index (κ2) is 11.2. The fourth-order valence-corrected chi connectivity index (χ4v) is 2.66. The Labute approximate surface area is 180 Å². The summed E-state index contributed by atoms with van der Waals surface area (Å²) in [5.41, 5.74) is 0.838. The van der Waals surface area contributed by atoms with Gasteiger partial charge in [-0.1, -0.05) is 19.8 Å². The van der Waals surface area contributed by atoms with E-state index >= 15 is 0 Å². The first-order valence-electron chi connectivity index (χ1n) is 9.54. The number of amides is 2. The molecule has 0 aliphatic rings. The molecule has 7 nitrogen and oxygen atoms in total. The Hall–Kier alpha value is -3.07. The van der Waals surface area contributed by atoms with Gasteiger partial charge in [-0.25, -0.2) is 4.39 Å². The zero-order valence-electron chi connectivity index (χ0n) is 17.2. The Morgan fingerprint density at radius 3 is 2.57 bits per heavy atom. The molecule has 2 amide bonds. The molecule has 160 valence electrons. The smallest absolute Gasteiger partial charge is 0.271 e. The summed E-state index contributed by atoms with van der Waals surface area (Å²) in [5.74, 6) is -1.11. The van der Waals surface area contributed by atoms with Crippen LogP contribution >= 0.6 is 12.2 Å². The molecule has 0 spiro atoms. The van der Waals surface area contributed by atoms with Gasteiger partial charge < -0.3 is 15.0 Å². The lowest BCUT2D eigenvalue weighted by atomic mass is 10.2. The second-order valence-electron chi connectivity index (χ2n) is 6.74. The van der Waals surface area contributed by atoms with Crippen molar-refractivity contribution in [2.75, 3.05) is 26.0 Å². The maximum atomic E-state index is 14.2. The van der Waals surface area contributed by atoms with Crippen molar-refractivity contribution >= 4 is 34.8 Å². The minimum Gasteiger partial charge on any atom is -0.491 e. The van der Waals surface area contributed by atoms with E-state index in [0.717, 1.165) is 19.3 Å². The predicted octanol–water partition coefficient (Wildman–Crippen LogP) is 3.62. The minimum absolute atomic E-state index is 0.00413. The Balaban J connectivity index is 1.91. The van der Waals surface area contributed by atoms with E-state index in [4.69, 9.17) is 17.0 Å². The van der Waals surface area contributed by atoms with Crippen LogP contribution in [-0.4, -0.2) is 47.5 Å². The van der Waals surface area contributed by atoms with Crippen molar-refractivity contribution in [3.63, 3.8) is 0 Å². The van der Waals surface area contributed by atoms with Crippen molar-refractivity contribution in [3.05, 3.63) is 53.6 Å². The number of hydrogen-bond acceptors (Lipinski definition) is 5. The number of hydrogen-bond donors (Lipinski definition) is 2. The monoisotopic (exact) mass is 432 g/mol. The van der Waals surface area contributed by atoms with Gasteiger partial charge in [0.05, 0.1) is 12.2 Å². The predicted molar refractivity (Wildman–Crippen MR) is 117 cm³/mol. The minimum atomic E-state index is -0.518. The number of pyridine rings is 1. The van der Waals surface area contributed by atoms with Gasteiger partial charge in [0.15, 0.2) is 16.7 Å². The number of benzene rings is 1. The molecule has 0 fully saturated rings. The van der Waals surface area contributed by atoms with Crippen LogP contribution in [0.25, 0.3) is 0 Å². The number of aromatic nitrogens is 1. The lowest BCUT2D eigenvalue weighted by Crippen LogP contribution is -2.34. The number of thiocarbonyl (C=S) groups is 1. The standard InChI is InChI=1S/C21H25FN4O3S/c1-4-5-6-11-29-18-10-8-15(12-16(18)22)24-21(30)25-19(27)14-7-9-17(23-13-14)20(28)26(2)3/h7-10,12-13H,4-6,11H2,1-3H3,(H2,24,25,27,30). The average molecular weight is 433 g/mol. The van der Waals surface area contributed by atoms with E-state index in [9.17, 15) is 14.0 Å². The largest absolute Gasteiger partial charge is 0.491 e. The molecule has 30 heavy (non-hydrogen) atoms. The lowest BCUT2D eigenvalue weighted by molar-refractivity contribution is 0.0821. The zero-order valence-corrected chi connectivity index (χ0v) is 18.0. The van der Waals surface area contributed by atoms with Gasteiger partial charge in [0.2, 0.25) is 0 Å². The van der Waals surface area contributed by atoms with Crippen LogP contribution in [0, 0.1) is 5.82 Å². The number of nitrogens with one attached hydrogen (secondary N) is 2. The Morgan fingerprint density at radius 1 is 1.20 bits per heavy atom. The summed E-state index contributed by atoms with van der Waals surface area (Å²) in [6.45, 7) is 2.54. The molecule has 2 N–H and O–H groups in total. The number of carbonyl (C=O) groups is 2. The summed E-state index contributed by atoms with van der Waals surface area (Å²) in [6, 6.07) is 7.31. The molecule has 2 rings (SSSR count). The van der Waals surface area contributed by atoms with Crippen molar-refractivity contribution < 1.29 is 18.7 Å². The summed E-state index contributed by atoms with van der Waals surface area (Å²) >= 11 is 5.11. The van der Waals surface area contributed by atoms with E-state index in [1.54, 1.807) is 20.2 Å². The van der Waals surface area contributed by atoms with Crippen LogP contribution < -0.4 is 15.4 Å². The Morgan fingerprint density at radius 2 is 1.97 bits per heavy atom. The first-order chi connectivity index (χ1) is 14.3. The van der Waals surface area contributed by atoms with Gasteiger partial charge in [-0.2, -0.15) is 0 Å². The van der Waals surface area contributed by atoms with Gasteiger partial charge in [0.1, 0.15) is 5.69 Å². The van der Waals surface area contributed by atoms with Crippen LogP contribution in [0.3, 0.4) is 0 Å². The number of halogens is 1. The molecular formula is C21H25FN4O3S. The molecule has 9 heteroatoms. The molecule has 1 heterocycles. The molecule has 2 aromatic rings. The Kier molecular flexibility index (Phi) is 8.67. The fraction of sp³-hybridized carbons (Fsp3) is 0.333. The summed E-state index contributed by atoms with van der Waals surface area (Å²) in [4.78, 5) is 29.5. The van der Waals surface area contributed by atoms with E-state index in [-0.39, 0.29) is 28.0 Å². The van der Waals surface area contributed by atoms with Crippen LogP contribution in [0.5, 0.6) is 5.75 Å². The molecule has 0 saturated heterocycles. The topological polar surface area (TPSA) is 83.6 Å². The number of carbonyl (C=O) groups excluding carboxylic acids is 2. The number of rotatable bonds is 8. The highest BCUT2D eigenvalue weighted by atomic mass is 32.1. The fourth-order valence-electron chi connectivity index (χ4n) is 2.45. The molecule has 0 saturated carbocycles.